The number of hydrogen-bond donors (Lipinski definition) is 0. The van der Waals surface area contributed by atoms with E-state index in [4.69, 9.17) is 0 Å². The van der Waals surface area contributed by atoms with Crippen LogP contribution in [-0.2, 0) is 12.0 Å². The molecule has 0 aliphatic carbocycles. The van der Waals surface area contributed by atoms with Gasteiger partial charge in [0, 0.05) is 12.0 Å². The lowest BCUT2D eigenvalue weighted by Crippen LogP contribution is -2.13. The van der Waals surface area contributed by atoms with E-state index in [0.717, 1.165) is 22.9 Å². The second-order valence-corrected chi connectivity index (χ2v) is 5.40. The van der Waals surface area contributed by atoms with Gasteiger partial charge < -0.3 is 4.57 Å². The molecular formula is C10H15N5S. The fourth-order valence-electron chi connectivity index (χ4n) is 1.49. The Kier molecular flexibility index (Phi) is 2.75. The van der Waals surface area contributed by atoms with E-state index in [9.17, 15) is 0 Å². The predicted molar refractivity (Wildman–Crippen MR) is 63.3 cm³/mol. The average molecular weight is 237 g/mol. The molecule has 0 N–H and O–H groups in total. The van der Waals surface area contributed by atoms with Crippen LogP contribution in [0.4, 0.5) is 0 Å². The molecule has 0 fully saturated rings. The Morgan fingerprint density at radius 2 is 2.06 bits per heavy atom. The van der Waals surface area contributed by atoms with Crippen molar-refractivity contribution in [2.75, 3.05) is 0 Å². The Morgan fingerprint density at radius 1 is 1.31 bits per heavy atom. The van der Waals surface area contributed by atoms with Crippen LogP contribution in [0.3, 0.4) is 0 Å². The van der Waals surface area contributed by atoms with Gasteiger partial charge >= 0.3 is 0 Å². The summed E-state index contributed by atoms with van der Waals surface area (Å²) >= 11 is 1.38. The van der Waals surface area contributed by atoms with E-state index in [0.29, 0.717) is 0 Å². The average Bonchev–Trinajstić information content (AvgIpc) is 2.84. The Hall–Kier alpha value is -1.30. The summed E-state index contributed by atoms with van der Waals surface area (Å²) in [4.78, 5) is 1.02. The van der Waals surface area contributed by atoms with Crippen molar-refractivity contribution in [2.45, 2.75) is 39.7 Å². The molecule has 2 rings (SSSR count). The van der Waals surface area contributed by atoms with Gasteiger partial charge in [0.15, 0.2) is 5.82 Å². The molecule has 0 aliphatic rings. The van der Waals surface area contributed by atoms with Crippen LogP contribution in [0.25, 0.3) is 10.7 Å². The highest BCUT2D eigenvalue weighted by Crippen LogP contribution is 2.32. The highest BCUT2D eigenvalue weighted by atomic mass is 32.1. The van der Waals surface area contributed by atoms with Crippen LogP contribution < -0.4 is 0 Å². The van der Waals surface area contributed by atoms with Gasteiger partial charge in [0.05, 0.1) is 5.69 Å². The maximum absolute atomic E-state index is 4.21. The van der Waals surface area contributed by atoms with E-state index < -0.39 is 0 Å². The summed E-state index contributed by atoms with van der Waals surface area (Å²) in [5, 5.41) is 12.3. The van der Waals surface area contributed by atoms with Crippen LogP contribution in [0.5, 0.6) is 0 Å². The van der Waals surface area contributed by atoms with Gasteiger partial charge in [0.25, 0.3) is 0 Å². The van der Waals surface area contributed by atoms with Gasteiger partial charge in [-0.15, -0.1) is 15.3 Å². The monoisotopic (exact) mass is 237 g/mol. The lowest BCUT2D eigenvalue weighted by molar-refractivity contribution is 0.567. The van der Waals surface area contributed by atoms with Gasteiger partial charge in [0.2, 0.25) is 0 Å². The van der Waals surface area contributed by atoms with Gasteiger partial charge in [-0.25, -0.2) is 0 Å². The Balaban J connectivity index is 2.53. The molecule has 2 aromatic heterocycles. The maximum atomic E-state index is 4.21. The summed E-state index contributed by atoms with van der Waals surface area (Å²) in [7, 11) is 0. The van der Waals surface area contributed by atoms with Crippen LogP contribution in [0, 0.1) is 0 Å². The van der Waals surface area contributed by atoms with Crippen molar-refractivity contribution >= 4 is 11.5 Å². The fourth-order valence-corrected chi connectivity index (χ4v) is 2.37. The van der Waals surface area contributed by atoms with Crippen LogP contribution in [0.2, 0.25) is 0 Å². The molecule has 0 aliphatic heterocycles. The molecule has 0 aromatic carbocycles. The summed E-state index contributed by atoms with van der Waals surface area (Å²) in [5.74, 6) is 0.863. The highest BCUT2D eigenvalue weighted by molar-refractivity contribution is 7.09. The van der Waals surface area contributed by atoms with E-state index in [1.807, 2.05) is 4.57 Å². The second-order valence-electron chi connectivity index (χ2n) is 4.64. The van der Waals surface area contributed by atoms with E-state index >= 15 is 0 Å². The van der Waals surface area contributed by atoms with Crippen molar-refractivity contribution in [3.63, 3.8) is 0 Å². The van der Waals surface area contributed by atoms with Crippen LogP contribution in [0.15, 0.2) is 6.33 Å². The van der Waals surface area contributed by atoms with Crippen molar-refractivity contribution in [3.05, 3.63) is 12.0 Å². The third kappa shape index (κ3) is 1.84. The highest BCUT2D eigenvalue weighted by Gasteiger charge is 2.25. The summed E-state index contributed by atoms with van der Waals surface area (Å²) < 4.78 is 6.03. The Labute approximate surface area is 98.7 Å². The Morgan fingerprint density at radius 3 is 2.69 bits per heavy atom. The van der Waals surface area contributed by atoms with Crippen molar-refractivity contribution in [1.82, 2.24) is 24.4 Å². The molecule has 6 heteroatoms. The van der Waals surface area contributed by atoms with E-state index in [1.54, 1.807) is 6.33 Å². The fraction of sp³-hybridized carbons (Fsp3) is 0.600. The first-order chi connectivity index (χ1) is 7.54. The standard InChI is InChI=1S/C10H15N5S/c1-5-15-6-11-13-9(15)7-8(10(2,3)4)12-14-16-7/h6H,5H2,1-4H3. The van der Waals surface area contributed by atoms with E-state index in [-0.39, 0.29) is 5.41 Å². The molecule has 0 atom stereocenters. The first-order valence-electron chi connectivity index (χ1n) is 5.25. The van der Waals surface area contributed by atoms with Crippen molar-refractivity contribution < 1.29 is 0 Å². The molecule has 16 heavy (non-hydrogen) atoms. The first kappa shape index (κ1) is 11.2. The minimum absolute atomic E-state index is 0.0210. The van der Waals surface area contributed by atoms with Crippen molar-refractivity contribution in [2.24, 2.45) is 0 Å². The van der Waals surface area contributed by atoms with Crippen molar-refractivity contribution in [1.29, 1.82) is 0 Å². The van der Waals surface area contributed by atoms with Crippen LogP contribution in [-0.4, -0.2) is 24.4 Å². The molecule has 0 spiro atoms. The molecule has 0 amide bonds. The molecule has 0 saturated heterocycles. The molecular weight excluding hydrogens is 222 g/mol. The SMILES string of the molecule is CCn1cnnc1-c1snnc1C(C)(C)C. The zero-order chi connectivity index (χ0) is 11.8. The molecule has 0 bridgehead atoms. The quantitative estimate of drug-likeness (QED) is 0.802. The first-order valence-corrected chi connectivity index (χ1v) is 6.02. The molecule has 0 saturated carbocycles. The largest absolute Gasteiger partial charge is 0.313 e. The van der Waals surface area contributed by atoms with Crippen molar-refractivity contribution in [3.8, 4) is 10.7 Å². The van der Waals surface area contributed by atoms with Crippen LogP contribution in [0.1, 0.15) is 33.4 Å². The summed E-state index contributed by atoms with van der Waals surface area (Å²) in [6.07, 6.45) is 1.74. The lowest BCUT2D eigenvalue weighted by Gasteiger charge is -2.16. The molecule has 0 unspecified atom stereocenters. The Bertz CT molecular complexity index is 479. The number of nitrogens with zero attached hydrogens (tertiary/aromatic N) is 5. The molecule has 0 radical (unpaired) electrons. The van der Waals surface area contributed by atoms with Gasteiger partial charge in [0.1, 0.15) is 11.2 Å². The summed E-state index contributed by atoms with van der Waals surface area (Å²) in [5.41, 5.74) is 0.965. The van der Waals surface area contributed by atoms with Gasteiger partial charge in [-0.2, -0.15) is 0 Å². The normalized spacial score (nSPS) is 12.0. The zero-order valence-corrected chi connectivity index (χ0v) is 10.7. The van der Waals surface area contributed by atoms with E-state index in [2.05, 4.69) is 47.5 Å². The second kappa shape index (κ2) is 3.93. The third-order valence-electron chi connectivity index (χ3n) is 2.36. The van der Waals surface area contributed by atoms with Crippen LogP contribution >= 0.6 is 11.5 Å². The number of rotatable bonds is 2. The molecule has 2 aromatic rings. The minimum Gasteiger partial charge on any atom is -0.313 e. The summed E-state index contributed by atoms with van der Waals surface area (Å²) in [6.45, 7) is 9.29. The van der Waals surface area contributed by atoms with Gasteiger partial charge in [-0.1, -0.05) is 25.3 Å². The smallest absolute Gasteiger partial charge is 0.177 e. The number of hydrogen-bond acceptors (Lipinski definition) is 5. The third-order valence-corrected chi connectivity index (χ3v) is 3.08. The van der Waals surface area contributed by atoms with E-state index in [1.165, 1.54) is 11.5 Å². The molecule has 86 valence electrons. The molecule has 5 nitrogen and oxygen atoms in total. The number of aromatic nitrogens is 5. The molecule has 2 heterocycles. The topological polar surface area (TPSA) is 56.5 Å². The lowest BCUT2D eigenvalue weighted by atomic mass is 9.91. The minimum atomic E-state index is -0.0210. The number of aryl methyl sites for hydroxylation is 1. The maximum Gasteiger partial charge on any atom is 0.177 e. The van der Waals surface area contributed by atoms with Gasteiger partial charge in [-0.05, 0) is 18.5 Å². The summed E-state index contributed by atoms with van der Waals surface area (Å²) in [6, 6.07) is 0. The van der Waals surface area contributed by atoms with Gasteiger partial charge in [-0.3, -0.25) is 0 Å². The predicted octanol–water partition coefficient (Wildman–Crippen LogP) is 2.11. The zero-order valence-electron chi connectivity index (χ0n) is 9.93.